The summed E-state index contributed by atoms with van der Waals surface area (Å²) in [6, 6.07) is 7.49. The van der Waals surface area contributed by atoms with E-state index >= 15 is 0 Å². The fourth-order valence-corrected chi connectivity index (χ4v) is 1.52. The number of rotatable bonds is 6. The summed E-state index contributed by atoms with van der Waals surface area (Å²) >= 11 is 0. The summed E-state index contributed by atoms with van der Waals surface area (Å²) in [4.78, 5) is 11.4. The van der Waals surface area contributed by atoms with Gasteiger partial charge in [0.25, 0.3) is 0 Å². The lowest BCUT2D eigenvalue weighted by Gasteiger charge is -2.14. The predicted molar refractivity (Wildman–Crippen MR) is 65.9 cm³/mol. The van der Waals surface area contributed by atoms with Gasteiger partial charge >= 0.3 is 5.97 Å². The van der Waals surface area contributed by atoms with Gasteiger partial charge in [0.2, 0.25) is 0 Å². The van der Waals surface area contributed by atoms with Crippen molar-refractivity contribution in [2.75, 3.05) is 14.2 Å². The Labute approximate surface area is 102 Å². The van der Waals surface area contributed by atoms with Crippen LogP contribution in [0.5, 0.6) is 5.75 Å². The maximum absolute atomic E-state index is 11.4. The van der Waals surface area contributed by atoms with Crippen molar-refractivity contribution in [2.45, 2.75) is 25.9 Å². The molecular formula is C13H19NO3. The first-order valence-electron chi connectivity index (χ1n) is 5.65. The van der Waals surface area contributed by atoms with Crippen LogP contribution in [-0.2, 0) is 16.1 Å². The first-order valence-corrected chi connectivity index (χ1v) is 5.65. The Bertz CT molecular complexity index is 348. The van der Waals surface area contributed by atoms with E-state index in [2.05, 4.69) is 5.32 Å². The van der Waals surface area contributed by atoms with E-state index in [-0.39, 0.29) is 12.0 Å². The van der Waals surface area contributed by atoms with E-state index in [0.717, 1.165) is 11.3 Å². The van der Waals surface area contributed by atoms with Crippen LogP contribution in [0.25, 0.3) is 0 Å². The lowest BCUT2D eigenvalue weighted by Crippen LogP contribution is -2.36. The van der Waals surface area contributed by atoms with Crippen molar-refractivity contribution < 1.29 is 14.3 Å². The van der Waals surface area contributed by atoms with E-state index in [1.54, 1.807) is 7.11 Å². The molecule has 1 rings (SSSR count). The molecule has 0 fully saturated rings. The molecule has 1 atom stereocenters. The van der Waals surface area contributed by atoms with Gasteiger partial charge in [-0.05, 0) is 24.1 Å². The summed E-state index contributed by atoms with van der Waals surface area (Å²) < 4.78 is 9.78. The van der Waals surface area contributed by atoms with Gasteiger partial charge < -0.3 is 14.8 Å². The van der Waals surface area contributed by atoms with E-state index in [1.807, 2.05) is 31.2 Å². The highest BCUT2D eigenvalue weighted by Gasteiger charge is 2.15. The number of carbonyl (C=O) groups excluding carboxylic acids is 1. The van der Waals surface area contributed by atoms with Crippen LogP contribution >= 0.6 is 0 Å². The second-order valence-corrected chi connectivity index (χ2v) is 3.71. The fourth-order valence-electron chi connectivity index (χ4n) is 1.52. The minimum atomic E-state index is -0.248. The zero-order valence-corrected chi connectivity index (χ0v) is 10.5. The van der Waals surface area contributed by atoms with Crippen molar-refractivity contribution in [3.05, 3.63) is 29.8 Å². The molecule has 94 valence electrons. The number of benzene rings is 1. The predicted octanol–water partition coefficient (Wildman–Crippen LogP) is 1.74. The summed E-state index contributed by atoms with van der Waals surface area (Å²) in [6.45, 7) is 2.58. The van der Waals surface area contributed by atoms with Crippen LogP contribution < -0.4 is 10.1 Å². The number of esters is 1. The molecule has 0 saturated carbocycles. The first-order chi connectivity index (χ1) is 8.21. The average molecular weight is 237 g/mol. The van der Waals surface area contributed by atoms with Crippen molar-refractivity contribution in [3.8, 4) is 5.75 Å². The minimum absolute atomic E-state index is 0.221. The van der Waals surface area contributed by atoms with Crippen LogP contribution in [0.2, 0.25) is 0 Å². The Morgan fingerprint density at radius 2 is 1.94 bits per heavy atom. The summed E-state index contributed by atoms with van der Waals surface area (Å²) in [5.74, 6) is 0.606. The lowest BCUT2D eigenvalue weighted by atomic mass is 10.2. The number of hydrogen-bond donors (Lipinski definition) is 1. The van der Waals surface area contributed by atoms with Crippen molar-refractivity contribution in [2.24, 2.45) is 0 Å². The molecule has 4 nitrogen and oxygen atoms in total. The van der Waals surface area contributed by atoms with Crippen molar-refractivity contribution in [1.82, 2.24) is 5.32 Å². The highest BCUT2D eigenvalue weighted by Crippen LogP contribution is 2.11. The molecule has 0 saturated heterocycles. The summed E-state index contributed by atoms with van der Waals surface area (Å²) in [5, 5.41) is 3.16. The van der Waals surface area contributed by atoms with Crippen molar-refractivity contribution in [3.63, 3.8) is 0 Å². The van der Waals surface area contributed by atoms with Crippen LogP contribution in [0.3, 0.4) is 0 Å². The molecule has 1 unspecified atom stereocenters. The Balaban J connectivity index is 2.50. The molecule has 0 bridgehead atoms. The van der Waals surface area contributed by atoms with E-state index in [0.29, 0.717) is 13.0 Å². The van der Waals surface area contributed by atoms with Gasteiger partial charge in [0.1, 0.15) is 11.8 Å². The van der Waals surface area contributed by atoms with E-state index in [9.17, 15) is 4.79 Å². The van der Waals surface area contributed by atoms with Gasteiger partial charge in [0, 0.05) is 6.54 Å². The van der Waals surface area contributed by atoms with Gasteiger partial charge in [-0.25, -0.2) is 0 Å². The number of ether oxygens (including phenoxy) is 2. The van der Waals surface area contributed by atoms with Crippen LogP contribution in [0, 0.1) is 0 Å². The Kier molecular flexibility index (Phi) is 5.49. The van der Waals surface area contributed by atoms with E-state index in [1.165, 1.54) is 7.11 Å². The average Bonchev–Trinajstić information content (AvgIpc) is 2.39. The number of methoxy groups -OCH3 is 2. The molecule has 0 aliphatic heterocycles. The zero-order valence-electron chi connectivity index (χ0n) is 10.5. The van der Waals surface area contributed by atoms with Crippen LogP contribution in [0.15, 0.2) is 24.3 Å². The second-order valence-electron chi connectivity index (χ2n) is 3.71. The van der Waals surface area contributed by atoms with E-state index in [4.69, 9.17) is 9.47 Å². The fraction of sp³-hybridized carbons (Fsp3) is 0.462. The third-order valence-corrected chi connectivity index (χ3v) is 2.61. The lowest BCUT2D eigenvalue weighted by molar-refractivity contribution is -0.143. The maximum atomic E-state index is 11.4. The van der Waals surface area contributed by atoms with Gasteiger partial charge in [-0.15, -0.1) is 0 Å². The van der Waals surface area contributed by atoms with Gasteiger partial charge in [-0.3, -0.25) is 4.79 Å². The smallest absolute Gasteiger partial charge is 0.322 e. The Hall–Kier alpha value is -1.55. The second kappa shape index (κ2) is 6.91. The molecule has 1 aromatic rings. The van der Waals surface area contributed by atoms with Gasteiger partial charge in [0.05, 0.1) is 14.2 Å². The van der Waals surface area contributed by atoms with Gasteiger partial charge in [-0.1, -0.05) is 19.1 Å². The molecule has 1 N–H and O–H groups in total. The molecule has 0 spiro atoms. The van der Waals surface area contributed by atoms with E-state index < -0.39 is 0 Å². The first kappa shape index (κ1) is 13.5. The van der Waals surface area contributed by atoms with Crippen molar-refractivity contribution in [1.29, 1.82) is 0 Å². The topological polar surface area (TPSA) is 47.6 Å². The van der Waals surface area contributed by atoms with Gasteiger partial charge in [-0.2, -0.15) is 0 Å². The Morgan fingerprint density at radius 3 is 2.41 bits per heavy atom. The van der Waals surface area contributed by atoms with Crippen LogP contribution in [0.4, 0.5) is 0 Å². The molecule has 4 heteroatoms. The summed E-state index contributed by atoms with van der Waals surface area (Å²) in [7, 11) is 3.04. The normalized spacial score (nSPS) is 11.9. The highest BCUT2D eigenvalue weighted by molar-refractivity contribution is 5.75. The number of carbonyl (C=O) groups is 1. The Morgan fingerprint density at radius 1 is 1.29 bits per heavy atom. The summed E-state index contributed by atoms with van der Waals surface area (Å²) in [6.07, 6.45) is 0.711. The highest BCUT2D eigenvalue weighted by atomic mass is 16.5. The third kappa shape index (κ3) is 4.07. The minimum Gasteiger partial charge on any atom is -0.497 e. The number of nitrogens with one attached hydrogen (secondary N) is 1. The van der Waals surface area contributed by atoms with Crippen LogP contribution in [-0.4, -0.2) is 26.2 Å². The SMILES string of the molecule is CCC(NCc1ccc(OC)cc1)C(=O)OC. The molecule has 0 radical (unpaired) electrons. The standard InChI is InChI=1S/C13H19NO3/c1-4-12(13(15)17-3)14-9-10-5-7-11(16-2)8-6-10/h5-8,12,14H,4,9H2,1-3H3. The molecule has 0 aromatic heterocycles. The van der Waals surface area contributed by atoms with Gasteiger partial charge in [0.15, 0.2) is 0 Å². The molecule has 1 aromatic carbocycles. The maximum Gasteiger partial charge on any atom is 0.322 e. The zero-order chi connectivity index (χ0) is 12.7. The van der Waals surface area contributed by atoms with Crippen LogP contribution in [0.1, 0.15) is 18.9 Å². The summed E-state index contributed by atoms with van der Waals surface area (Å²) in [5.41, 5.74) is 1.10. The molecular weight excluding hydrogens is 218 g/mol. The molecule has 0 amide bonds. The largest absolute Gasteiger partial charge is 0.497 e. The number of hydrogen-bond acceptors (Lipinski definition) is 4. The molecule has 0 aliphatic rings. The van der Waals surface area contributed by atoms with Crippen molar-refractivity contribution >= 4 is 5.97 Å². The quantitative estimate of drug-likeness (QED) is 0.765. The molecule has 0 aliphatic carbocycles. The molecule has 0 heterocycles. The monoisotopic (exact) mass is 237 g/mol. The third-order valence-electron chi connectivity index (χ3n) is 2.61. The molecule has 17 heavy (non-hydrogen) atoms.